The Hall–Kier alpha value is -3.14. The predicted molar refractivity (Wildman–Crippen MR) is 113 cm³/mol. The fraction of sp³-hybridized carbons (Fsp3) is 0.190. The molecule has 1 aromatic heterocycles. The normalized spacial score (nSPS) is 15.5. The second kappa shape index (κ2) is 9.12. The molecule has 0 aliphatic carbocycles. The van der Waals surface area contributed by atoms with Gasteiger partial charge in [-0.05, 0) is 42.5 Å². The highest BCUT2D eigenvalue weighted by Gasteiger charge is 2.18. The number of anilines is 2. The van der Waals surface area contributed by atoms with Crippen molar-refractivity contribution in [3.8, 4) is 11.3 Å². The van der Waals surface area contributed by atoms with E-state index in [-0.39, 0.29) is 5.56 Å². The molecule has 1 atom stereocenters. The first-order valence-corrected chi connectivity index (χ1v) is 10.5. The zero-order valence-corrected chi connectivity index (χ0v) is 16.8. The van der Waals surface area contributed by atoms with Gasteiger partial charge >= 0.3 is 5.97 Å². The van der Waals surface area contributed by atoms with Crippen molar-refractivity contribution in [3.63, 3.8) is 0 Å². The van der Waals surface area contributed by atoms with Crippen molar-refractivity contribution in [2.45, 2.75) is 4.90 Å². The van der Waals surface area contributed by atoms with Crippen molar-refractivity contribution in [3.05, 3.63) is 66.4 Å². The minimum absolute atomic E-state index is 0.213. The minimum Gasteiger partial charge on any atom is -0.478 e. The number of morpholine rings is 1. The van der Waals surface area contributed by atoms with Crippen molar-refractivity contribution in [1.29, 1.82) is 0 Å². The molecule has 4 rings (SSSR count). The number of nitrogens with zero attached hydrogens (tertiary/aromatic N) is 3. The van der Waals surface area contributed by atoms with E-state index in [4.69, 9.17) is 9.84 Å². The Morgan fingerprint density at radius 3 is 2.40 bits per heavy atom. The van der Waals surface area contributed by atoms with E-state index in [1.165, 1.54) is 12.1 Å². The SMILES string of the molecule is O=C(O)c1ccc(Nc2nccc(-c3ccc(S(=O)N4CCOCC4)cc3)n2)cc1. The highest BCUT2D eigenvalue weighted by atomic mass is 32.2. The van der Waals surface area contributed by atoms with Gasteiger partial charge in [0.25, 0.3) is 0 Å². The van der Waals surface area contributed by atoms with Crippen LogP contribution in [0.4, 0.5) is 11.6 Å². The van der Waals surface area contributed by atoms with Gasteiger partial charge in [-0.3, -0.25) is 0 Å². The molecular weight excluding hydrogens is 404 g/mol. The lowest BCUT2D eigenvalue weighted by Gasteiger charge is -2.25. The van der Waals surface area contributed by atoms with Crippen LogP contribution in [0.5, 0.6) is 0 Å². The average molecular weight is 424 g/mol. The van der Waals surface area contributed by atoms with E-state index in [0.29, 0.717) is 37.9 Å². The Morgan fingerprint density at radius 2 is 1.73 bits per heavy atom. The monoisotopic (exact) mass is 424 g/mol. The number of hydrogen-bond acceptors (Lipinski definition) is 6. The lowest BCUT2D eigenvalue weighted by atomic mass is 10.1. The predicted octanol–water partition coefficient (Wildman–Crippen LogP) is 2.94. The van der Waals surface area contributed by atoms with Crippen molar-refractivity contribution in [1.82, 2.24) is 14.3 Å². The molecule has 0 radical (unpaired) electrons. The van der Waals surface area contributed by atoms with E-state index >= 15 is 0 Å². The van der Waals surface area contributed by atoms with Crippen LogP contribution in [0.15, 0.2) is 65.7 Å². The smallest absolute Gasteiger partial charge is 0.335 e. The number of aromatic carboxylic acids is 1. The van der Waals surface area contributed by atoms with Crippen LogP contribution in [0, 0.1) is 0 Å². The van der Waals surface area contributed by atoms with Gasteiger partial charge in [0.1, 0.15) is 11.0 Å². The largest absolute Gasteiger partial charge is 0.478 e. The molecule has 0 amide bonds. The van der Waals surface area contributed by atoms with E-state index in [9.17, 15) is 9.00 Å². The molecule has 1 aliphatic rings. The summed E-state index contributed by atoms with van der Waals surface area (Å²) in [6.07, 6.45) is 1.65. The number of aromatic nitrogens is 2. The van der Waals surface area contributed by atoms with Gasteiger partial charge in [-0.1, -0.05) is 12.1 Å². The van der Waals surface area contributed by atoms with Gasteiger partial charge in [-0.15, -0.1) is 0 Å². The fourth-order valence-electron chi connectivity index (χ4n) is 3.01. The molecule has 154 valence electrons. The summed E-state index contributed by atoms with van der Waals surface area (Å²) in [6, 6.07) is 15.6. The molecule has 0 bridgehead atoms. The Balaban J connectivity index is 1.48. The Bertz CT molecular complexity index is 1050. The van der Waals surface area contributed by atoms with Crippen molar-refractivity contribution >= 4 is 28.6 Å². The number of rotatable bonds is 6. The van der Waals surface area contributed by atoms with Crippen molar-refractivity contribution < 1.29 is 18.8 Å². The van der Waals surface area contributed by atoms with Crippen molar-refractivity contribution in [2.75, 3.05) is 31.6 Å². The molecule has 3 aromatic rings. The number of hydrogen-bond donors (Lipinski definition) is 2. The van der Waals surface area contributed by atoms with Gasteiger partial charge in [0, 0.05) is 30.5 Å². The third-order valence-electron chi connectivity index (χ3n) is 4.60. The van der Waals surface area contributed by atoms with Crippen LogP contribution in [-0.2, 0) is 15.7 Å². The van der Waals surface area contributed by atoms with Crippen LogP contribution >= 0.6 is 0 Å². The standard InChI is InChI=1S/C21H20N4O4S/c26-20(27)16-1-5-17(6-2-16)23-21-22-10-9-19(24-21)15-3-7-18(8-4-15)30(28)25-11-13-29-14-12-25/h1-10H,11-14H2,(H,26,27)(H,22,23,24). The van der Waals surface area contributed by atoms with E-state index in [0.717, 1.165) is 16.2 Å². The number of benzene rings is 2. The molecule has 1 unspecified atom stereocenters. The molecule has 9 heteroatoms. The quantitative estimate of drug-likeness (QED) is 0.627. The van der Waals surface area contributed by atoms with Gasteiger partial charge < -0.3 is 15.2 Å². The summed E-state index contributed by atoms with van der Waals surface area (Å²) in [5.41, 5.74) is 2.50. The molecule has 2 heterocycles. The van der Waals surface area contributed by atoms with Crippen LogP contribution in [0.25, 0.3) is 11.3 Å². The highest BCUT2D eigenvalue weighted by Crippen LogP contribution is 2.22. The molecule has 0 saturated carbocycles. The number of ether oxygens (including phenoxy) is 1. The van der Waals surface area contributed by atoms with Crippen LogP contribution < -0.4 is 5.32 Å². The molecule has 1 aliphatic heterocycles. The zero-order chi connectivity index (χ0) is 20.9. The summed E-state index contributed by atoms with van der Waals surface area (Å²) in [4.78, 5) is 20.4. The third kappa shape index (κ3) is 4.70. The maximum absolute atomic E-state index is 12.7. The third-order valence-corrected chi connectivity index (χ3v) is 6.11. The summed E-state index contributed by atoms with van der Waals surface area (Å²) in [6.45, 7) is 2.50. The number of carboxylic acid groups (broad SMARTS) is 1. The van der Waals surface area contributed by atoms with Gasteiger partial charge in [-0.2, -0.15) is 0 Å². The van der Waals surface area contributed by atoms with Crippen LogP contribution in [0.1, 0.15) is 10.4 Å². The first-order chi connectivity index (χ1) is 14.6. The van der Waals surface area contributed by atoms with Gasteiger partial charge in [-0.25, -0.2) is 23.3 Å². The Labute approximate surface area is 176 Å². The number of carboxylic acids is 1. The average Bonchev–Trinajstić information content (AvgIpc) is 2.80. The van der Waals surface area contributed by atoms with E-state index < -0.39 is 17.0 Å². The van der Waals surface area contributed by atoms with Gasteiger partial charge in [0.2, 0.25) is 5.95 Å². The summed E-state index contributed by atoms with van der Waals surface area (Å²) < 4.78 is 19.9. The maximum atomic E-state index is 12.7. The summed E-state index contributed by atoms with van der Waals surface area (Å²) in [5, 5.41) is 12.1. The molecule has 1 saturated heterocycles. The first-order valence-electron chi connectivity index (χ1n) is 9.38. The first kappa shape index (κ1) is 20.1. The van der Waals surface area contributed by atoms with Gasteiger partial charge in [0.15, 0.2) is 0 Å². The van der Waals surface area contributed by atoms with Crippen LogP contribution in [0.2, 0.25) is 0 Å². The molecule has 1 fully saturated rings. The lowest BCUT2D eigenvalue weighted by molar-refractivity contribution is 0.0697. The van der Waals surface area contributed by atoms with E-state index in [1.807, 2.05) is 28.6 Å². The van der Waals surface area contributed by atoms with Crippen LogP contribution in [0.3, 0.4) is 0 Å². The molecular formula is C21H20N4O4S. The van der Waals surface area contributed by atoms with E-state index in [1.54, 1.807) is 24.4 Å². The van der Waals surface area contributed by atoms with Crippen LogP contribution in [-0.4, -0.2) is 55.9 Å². The second-order valence-electron chi connectivity index (χ2n) is 6.59. The highest BCUT2D eigenvalue weighted by molar-refractivity contribution is 7.82. The molecule has 2 N–H and O–H groups in total. The fourth-order valence-corrected chi connectivity index (χ4v) is 4.16. The second-order valence-corrected chi connectivity index (χ2v) is 8.07. The molecule has 0 spiro atoms. The lowest BCUT2D eigenvalue weighted by Crippen LogP contribution is -2.37. The Morgan fingerprint density at radius 1 is 1.03 bits per heavy atom. The summed E-state index contributed by atoms with van der Waals surface area (Å²) in [7, 11) is -1.20. The molecule has 8 nitrogen and oxygen atoms in total. The number of nitrogens with one attached hydrogen (secondary N) is 1. The zero-order valence-electron chi connectivity index (χ0n) is 16.0. The summed E-state index contributed by atoms with van der Waals surface area (Å²) >= 11 is 0. The number of carbonyl (C=O) groups is 1. The summed E-state index contributed by atoms with van der Waals surface area (Å²) in [5.74, 6) is -0.575. The van der Waals surface area contributed by atoms with Gasteiger partial charge in [0.05, 0.1) is 29.4 Å². The minimum atomic E-state index is -1.20. The van der Waals surface area contributed by atoms with Crippen molar-refractivity contribution in [2.24, 2.45) is 0 Å². The van der Waals surface area contributed by atoms with E-state index in [2.05, 4.69) is 15.3 Å². The topological polar surface area (TPSA) is 105 Å². The molecule has 2 aromatic carbocycles. The molecule has 30 heavy (non-hydrogen) atoms. The Kier molecular flexibility index (Phi) is 6.12. The maximum Gasteiger partial charge on any atom is 0.335 e.